The highest BCUT2D eigenvalue weighted by Crippen LogP contribution is 2.65. The van der Waals surface area contributed by atoms with Crippen molar-refractivity contribution in [1.82, 2.24) is 5.32 Å². The number of rotatable bonds is 8. The zero-order chi connectivity index (χ0) is 26.5. The largest absolute Gasteiger partial charge is 0.497 e. The number of para-hydroxylation sites is 1. The number of nitrogens with one attached hydrogen (secondary N) is 1. The summed E-state index contributed by atoms with van der Waals surface area (Å²) in [6.07, 6.45) is 2.26. The molecule has 5 unspecified atom stereocenters. The molecular weight excluding hydrogens is 473 g/mol. The predicted molar refractivity (Wildman–Crippen MR) is 138 cm³/mol. The molecule has 3 saturated carbocycles. The molecule has 1 saturated heterocycles. The van der Waals surface area contributed by atoms with E-state index in [-0.39, 0.29) is 35.2 Å². The molecule has 0 spiro atoms. The van der Waals surface area contributed by atoms with Crippen LogP contribution in [-0.2, 0) is 15.7 Å². The molecule has 1 heterocycles. The van der Waals surface area contributed by atoms with Crippen molar-refractivity contribution in [2.24, 2.45) is 17.3 Å². The lowest BCUT2D eigenvalue weighted by Gasteiger charge is -2.64. The SMILES string of the molecule is COc1ccc(C(=O)NC(Cc2cccc(C(=O)O)c2OC)B2OC3CC4CC(C4(C)C)C3(C)O2)cc1. The molecule has 2 aromatic carbocycles. The number of carbonyl (C=O) groups is 2. The van der Waals surface area contributed by atoms with Crippen molar-refractivity contribution in [1.29, 1.82) is 0 Å². The Morgan fingerprint density at radius 2 is 1.84 bits per heavy atom. The van der Waals surface area contributed by atoms with Gasteiger partial charge in [0, 0.05) is 5.56 Å². The zero-order valence-corrected chi connectivity index (χ0v) is 21.9. The first-order valence-corrected chi connectivity index (χ1v) is 12.8. The molecule has 2 bridgehead atoms. The van der Waals surface area contributed by atoms with E-state index < -0.39 is 24.6 Å². The molecule has 6 rings (SSSR count). The summed E-state index contributed by atoms with van der Waals surface area (Å²) in [6, 6.07) is 11.9. The Morgan fingerprint density at radius 3 is 2.46 bits per heavy atom. The number of carboxylic acids is 1. The summed E-state index contributed by atoms with van der Waals surface area (Å²) in [4.78, 5) is 25.1. The van der Waals surface area contributed by atoms with Crippen molar-refractivity contribution >= 4 is 19.0 Å². The minimum absolute atomic E-state index is 0.0538. The number of ether oxygens (including phenoxy) is 2. The molecule has 4 fully saturated rings. The van der Waals surface area contributed by atoms with Crippen LogP contribution >= 0.6 is 0 Å². The number of carbonyl (C=O) groups excluding carboxylic acids is 1. The normalized spacial score (nSPS) is 28.0. The molecule has 196 valence electrons. The van der Waals surface area contributed by atoms with Crippen LogP contribution < -0.4 is 14.8 Å². The van der Waals surface area contributed by atoms with Gasteiger partial charge in [0.25, 0.3) is 5.91 Å². The number of methoxy groups -OCH3 is 2. The Hall–Kier alpha value is -3.04. The summed E-state index contributed by atoms with van der Waals surface area (Å²) in [5.41, 5.74) is 0.932. The quantitative estimate of drug-likeness (QED) is 0.521. The number of aromatic carboxylic acids is 1. The van der Waals surface area contributed by atoms with E-state index in [9.17, 15) is 14.7 Å². The second-order valence-corrected chi connectivity index (χ2v) is 11.2. The summed E-state index contributed by atoms with van der Waals surface area (Å²) in [5.74, 6) is -0.0400. The Bertz CT molecular complexity index is 1200. The van der Waals surface area contributed by atoms with Gasteiger partial charge in [-0.25, -0.2) is 4.79 Å². The molecule has 2 N–H and O–H groups in total. The van der Waals surface area contributed by atoms with E-state index >= 15 is 0 Å². The van der Waals surface area contributed by atoms with Gasteiger partial charge in [-0.1, -0.05) is 26.0 Å². The molecule has 1 aliphatic heterocycles. The van der Waals surface area contributed by atoms with Gasteiger partial charge in [0.1, 0.15) is 17.1 Å². The van der Waals surface area contributed by atoms with Gasteiger partial charge in [-0.3, -0.25) is 4.79 Å². The molecule has 9 heteroatoms. The van der Waals surface area contributed by atoms with Gasteiger partial charge in [0.05, 0.1) is 31.9 Å². The van der Waals surface area contributed by atoms with Crippen molar-refractivity contribution in [2.45, 2.75) is 57.7 Å². The summed E-state index contributed by atoms with van der Waals surface area (Å²) < 4.78 is 23.9. The Morgan fingerprint density at radius 1 is 1.11 bits per heavy atom. The van der Waals surface area contributed by atoms with Crippen LogP contribution in [0.2, 0.25) is 0 Å². The van der Waals surface area contributed by atoms with E-state index in [1.54, 1.807) is 37.4 Å². The lowest BCUT2D eigenvalue weighted by atomic mass is 9.43. The standard InChI is InChI=1S/C28H34BNO7/c1-27(2)18-14-21(27)28(3)22(15-18)36-29(37-28)23(30-25(31)16-9-11-19(34-4)12-10-16)13-17-7-6-8-20(26(32)33)24(17)35-5/h6-12,18,21-23H,13-15H2,1-5H3,(H,30,31)(H,32,33). The van der Waals surface area contributed by atoms with Crippen LogP contribution in [0.15, 0.2) is 42.5 Å². The number of carboxylic acid groups (broad SMARTS) is 1. The Labute approximate surface area is 217 Å². The fourth-order valence-electron chi connectivity index (χ4n) is 6.67. The van der Waals surface area contributed by atoms with E-state index in [4.69, 9.17) is 18.8 Å². The van der Waals surface area contributed by atoms with Gasteiger partial charge in [0.15, 0.2) is 0 Å². The number of hydrogen-bond acceptors (Lipinski definition) is 6. The van der Waals surface area contributed by atoms with Crippen molar-refractivity contribution in [3.05, 3.63) is 59.2 Å². The van der Waals surface area contributed by atoms with Crippen molar-refractivity contribution in [3.8, 4) is 11.5 Å². The average Bonchev–Trinajstić information content (AvgIpc) is 3.25. The molecule has 5 atom stereocenters. The fourth-order valence-corrected chi connectivity index (χ4v) is 6.67. The van der Waals surface area contributed by atoms with E-state index in [1.165, 1.54) is 13.2 Å². The Kier molecular flexibility index (Phi) is 6.48. The minimum atomic E-state index is -1.08. The highest BCUT2D eigenvalue weighted by atomic mass is 16.7. The molecule has 3 aliphatic carbocycles. The highest BCUT2D eigenvalue weighted by molar-refractivity contribution is 6.48. The third-order valence-electron chi connectivity index (χ3n) is 8.94. The van der Waals surface area contributed by atoms with Gasteiger partial charge in [-0.2, -0.15) is 0 Å². The van der Waals surface area contributed by atoms with Gasteiger partial charge in [-0.15, -0.1) is 0 Å². The third kappa shape index (κ3) is 4.28. The first-order valence-electron chi connectivity index (χ1n) is 12.8. The first-order chi connectivity index (χ1) is 17.6. The number of benzene rings is 2. The van der Waals surface area contributed by atoms with Crippen LogP contribution in [0.4, 0.5) is 0 Å². The second kappa shape index (κ2) is 9.37. The monoisotopic (exact) mass is 507 g/mol. The topological polar surface area (TPSA) is 103 Å². The molecular formula is C28H34BNO7. The summed E-state index contributed by atoms with van der Waals surface area (Å²) >= 11 is 0. The zero-order valence-electron chi connectivity index (χ0n) is 21.9. The first kappa shape index (κ1) is 25.6. The molecule has 37 heavy (non-hydrogen) atoms. The molecule has 2 aromatic rings. The second-order valence-electron chi connectivity index (χ2n) is 11.2. The van der Waals surface area contributed by atoms with Gasteiger partial charge in [0.2, 0.25) is 0 Å². The molecule has 0 radical (unpaired) electrons. The van der Waals surface area contributed by atoms with Crippen LogP contribution in [0.5, 0.6) is 11.5 Å². The highest BCUT2D eigenvalue weighted by Gasteiger charge is 2.68. The van der Waals surface area contributed by atoms with Crippen LogP contribution in [0.1, 0.15) is 59.9 Å². The maximum Gasteiger partial charge on any atom is 0.482 e. The smallest absolute Gasteiger partial charge is 0.482 e. The molecule has 4 aliphatic rings. The van der Waals surface area contributed by atoms with Gasteiger partial charge >= 0.3 is 13.1 Å². The van der Waals surface area contributed by atoms with E-state index in [2.05, 4.69) is 26.1 Å². The van der Waals surface area contributed by atoms with Crippen LogP contribution in [0.3, 0.4) is 0 Å². The summed E-state index contributed by atoms with van der Waals surface area (Å²) in [6.45, 7) is 6.73. The maximum atomic E-state index is 13.3. The van der Waals surface area contributed by atoms with Crippen molar-refractivity contribution in [3.63, 3.8) is 0 Å². The Balaban J connectivity index is 1.45. The molecule has 8 nitrogen and oxygen atoms in total. The fraction of sp³-hybridized carbons (Fsp3) is 0.500. The third-order valence-corrected chi connectivity index (χ3v) is 8.94. The van der Waals surface area contributed by atoms with Crippen LogP contribution in [0, 0.1) is 17.3 Å². The number of amides is 1. The average molecular weight is 507 g/mol. The summed E-state index contributed by atoms with van der Waals surface area (Å²) in [5, 5.41) is 12.8. The number of hydrogen-bond donors (Lipinski definition) is 2. The lowest BCUT2D eigenvalue weighted by molar-refractivity contribution is -0.199. The predicted octanol–water partition coefficient (Wildman–Crippen LogP) is 4.01. The maximum absolute atomic E-state index is 13.3. The summed E-state index contributed by atoms with van der Waals surface area (Å²) in [7, 11) is 2.33. The van der Waals surface area contributed by atoms with Gasteiger partial charge in [-0.05, 0) is 79.3 Å². The molecule has 0 aromatic heterocycles. The van der Waals surface area contributed by atoms with E-state index in [0.717, 1.165) is 12.8 Å². The molecule has 1 amide bonds. The van der Waals surface area contributed by atoms with Gasteiger partial charge < -0.3 is 29.2 Å². The van der Waals surface area contributed by atoms with E-state index in [1.807, 2.05) is 6.07 Å². The van der Waals surface area contributed by atoms with E-state index in [0.29, 0.717) is 28.7 Å². The van der Waals surface area contributed by atoms with Crippen molar-refractivity contribution < 1.29 is 33.5 Å². The van der Waals surface area contributed by atoms with Crippen molar-refractivity contribution in [2.75, 3.05) is 14.2 Å². The minimum Gasteiger partial charge on any atom is -0.497 e. The van der Waals surface area contributed by atoms with Crippen LogP contribution in [0.25, 0.3) is 0 Å². The van der Waals surface area contributed by atoms with Crippen LogP contribution in [-0.4, -0.2) is 56.0 Å². The lowest BCUT2D eigenvalue weighted by Crippen LogP contribution is -2.65.